The Morgan fingerprint density at radius 3 is 2.85 bits per heavy atom. The Labute approximate surface area is 99.0 Å². The molecule has 0 saturated carbocycles. The van der Waals surface area contributed by atoms with E-state index in [4.69, 9.17) is 17.3 Å². The van der Waals surface area contributed by atoms with Crippen LogP contribution >= 0.6 is 45.5 Å². The van der Waals surface area contributed by atoms with Crippen molar-refractivity contribution in [3.8, 4) is 0 Å². The third-order valence-corrected chi connectivity index (χ3v) is 4.07. The molecule has 0 aliphatic carbocycles. The Balaban J connectivity index is 2.72. The molecule has 0 bridgehead atoms. The minimum absolute atomic E-state index is 0.559. The molecule has 2 N–H and O–H groups in total. The summed E-state index contributed by atoms with van der Waals surface area (Å²) in [5.74, 6) is 0.559. The summed E-state index contributed by atoms with van der Waals surface area (Å²) in [6, 6.07) is 6.23. The van der Waals surface area contributed by atoms with Gasteiger partial charge in [0.15, 0.2) is 0 Å². The van der Waals surface area contributed by atoms with Crippen LogP contribution in [0.1, 0.15) is 5.56 Å². The maximum atomic E-state index is 5.81. The van der Waals surface area contributed by atoms with Crippen LogP contribution in [-0.2, 0) is 5.88 Å². The zero-order chi connectivity index (χ0) is 9.42. The van der Waals surface area contributed by atoms with E-state index in [9.17, 15) is 0 Å². The number of nitrogen functional groups attached to an aromatic ring is 1. The molecule has 1 heterocycles. The molecule has 0 aliphatic heterocycles. The molecule has 1 nitrogen and oxygen atoms in total. The first-order chi connectivity index (χ1) is 6.20. The number of anilines is 1. The lowest BCUT2D eigenvalue weighted by Crippen LogP contribution is -1.82. The molecular weight excluding hydrogens is 317 g/mol. The van der Waals surface area contributed by atoms with Gasteiger partial charge in [0, 0.05) is 14.2 Å². The first kappa shape index (κ1) is 9.55. The van der Waals surface area contributed by atoms with Crippen molar-refractivity contribution in [1.29, 1.82) is 0 Å². The second kappa shape index (κ2) is 3.63. The molecule has 0 atom stereocenters. The van der Waals surface area contributed by atoms with Gasteiger partial charge in [0.25, 0.3) is 0 Å². The molecule has 0 fully saturated rings. The van der Waals surface area contributed by atoms with E-state index in [0.29, 0.717) is 5.88 Å². The summed E-state index contributed by atoms with van der Waals surface area (Å²) < 4.78 is 2.44. The molecular formula is C9H7ClINS. The van der Waals surface area contributed by atoms with Gasteiger partial charge in [-0.15, -0.1) is 22.9 Å². The van der Waals surface area contributed by atoms with Crippen molar-refractivity contribution >= 4 is 60.6 Å². The Hall–Kier alpha value is -0.0000000000000000833. The molecule has 0 amide bonds. The van der Waals surface area contributed by atoms with Crippen LogP contribution in [0.2, 0.25) is 0 Å². The summed E-state index contributed by atoms with van der Waals surface area (Å²) in [6.45, 7) is 0. The molecule has 4 heteroatoms. The first-order valence-corrected chi connectivity index (χ1v) is 6.17. The van der Waals surface area contributed by atoms with Crippen molar-refractivity contribution in [2.75, 3.05) is 5.73 Å². The molecule has 2 rings (SSSR count). The van der Waals surface area contributed by atoms with Crippen LogP contribution in [0.3, 0.4) is 0 Å². The predicted molar refractivity (Wildman–Crippen MR) is 68.5 cm³/mol. The van der Waals surface area contributed by atoms with Crippen LogP contribution in [-0.4, -0.2) is 0 Å². The van der Waals surface area contributed by atoms with E-state index >= 15 is 0 Å². The van der Waals surface area contributed by atoms with Crippen molar-refractivity contribution < 1.29 is 0 Å². The van der Waals surface area contributed by atoms with Crippen LogP contribution in [0.15, 0.2) is 18.2 Å². The average molecular weight is 324 g/mol. The molecule has 0 saturated heterocycles. The largest absolute Gasteiger partial charge is 0.391 e. The van der Waals surface area contributed by atoms with Gasteiger partial charge < -0.3 is 5.73 Å². The van der Waals surface area contributed by atoms with Gasteiger partial charge in [-0.05, 0) is 51.7 Å². The van der Waals surface area contributed by atoms with E-state index in [1.807, 2.05) is 6.07 Å². The lowest BCUT2D eigenvalue weighted by atomic mass is 10.2. The number of benzene rings is 1. The molecule has 13 heavy (non-hydrogen) atoms. The van der Waals surface area contributed by atoms with E-state index in [-0.39, 0.29) is 0 Å². The third-order valence-electron chi connectivity index (χ3n) is 1.85. The smallest absolute Gasteiger partial charge is 0.0868 e. The van der Waals surface area contributed by atoms with Crippen LogP contribution in [0.25, 0.3) is 10.1 Å². The summed E-state index contributed by atoms with van der Waals surface area (Å²) >= 11 is 9.72. The summed E-state index contributed by atoms with van der Waals surface area (Å²) in [6.07, 6.45) is 0. The van der Waals surface area contributed by atoms with Gasteiger partial charge >= 0.3 is 0 Å². The molecule has 68 valence electrons. The first-order valence-electron chi connectivity index (χ1n) is 3.74. The number of nitrogens with two attached hydrogens (primary N) is 1. The summed E-state index contributed by atoms with van der Waals surface area (Å²) in [4.78, 5) is 0. The highest BCUT2D eigenvalue weighted by atomic mass is 127. The number of hydrogen-bond donors (Lipinski definition) is 1. The molecule has 0 aliphatic rings. The molecule has 0 radical (unpaired) electrons. The number of halogens is 2. The molecule has 0 unspecified atom stereocenters. The number of rotatable bonds is 1. The highest BCUT2D eigenvalue weighted by Gasteiger charge is 2.04. The van der Waals surface area contributed by atoms with Crippen LogP contribution in [0.4, 0.5) is 5.00 Å². The van der Waals surface area contributed by atoms with Gasteiger partial charge in [0.1, 0.15) is 0 Å². The predicted octanol–water partition coefficient (Wildman–Crippen LogP) is 3.83. The lowest BCUT2D eigenvalue weighted by Gasteiger charge is -1.99. The SMILES string of the molecule is Nc1cc2cc(CCl)c(I)cc2s1. The monoisotopic (exact) mass is 323 g/mol. The van der Waals surface area contributed by atoms with Crippen molar-refractivity contribution in [2.45, 2.75) is 5.88 Å². The van der Waals surface area contributed by atoms with Gasteiger partial charge in [-0.25, -0.2) is 0 Å². The van der Waals surface area contributed by atoms with Crippen LogP contribution in [0, 0.1) is 3.57 Å². The Morgan fingerprint density at radius 1 is 1.38 bits per heavy atom. The van der Waals surface area contributed by atoms with Gasteiger partial charge in [0.2, 0.25) is 0 Å². The maximum Gasteiger partial charge on any atom is 0.0868 e. The van der Waals surface area contributed by atoms with Gasteiger partial charge in [-0.1, -0.05) is 0 Å². The Morgan fingerprint density at radius 2 is 2.15 bits per heavy atom. The van der Waals surface area contributed by atoms with Crippen LogP contribution in [0.5, 0.6) is 0 Å². The van der Waals surface area contributed by atoms with E-state index < -0.39 is 0 Å². The quantitative estimate of drug-likeness (QED) is 0.626. The van der Waals surface area contributed by atoms with Gasteiger partial charge in [0.05, 0.1) is 5.00 Å². The summed E-state index contributed by atoms with van der Waals surface area (Å²) in [5, 5.41) is 2.05. The second-order valence-corrected chi connectivity index (χ2v) is 5.31. The van der Waals surface area contributed by atoms with Crippen molar-refractivity contribution in [3.63, 3.8) is 0 Å². The summed E-state index contributed by atoms with van der Waals surface area (Å²) in [5.41, 5.74) is 6.89. The van der Waals surface area contributed by atoms with Gasteiger partial charge in [-0.2, -0.15) is 0 Å². The molecule has 2 aromatic rings. The van der Waals surface area contributed by atoms with Crippen LogP contribution < -0.4 is 5.73 Å². The van der Waals surface area contributed by atoms with E-state index in [0.717, 1.165) is 5.00 Å². The molecule has 1 aromatic heterocycles. The fourth-order valence-corrected chi connectivity index (χ4v) is 3.40. The van der Waals surface area contributed by atoms with Crippen molar-refractivity contribution in [3.05, 3.63) is 27.3 Å². The lowest BCUT2D eigenvalue weighted by molar-refractivity contribution is 1.40. The maximum absolute atomic E-state index is 5.81. The zero-order valence-electron chi connectivity index (χ0n) is 6.68. The highest BCUT2D eigenvalue weighted by molar-refractivity contribution is 14.1. The van der Waals surface area contributed by atoms with E-state index in [1.165, 1.54) is 19.2 Å². The number of alkyl halides is 1. The molecule has 1 aromatic carbocycles. The number of fused-ring (bicyclic) bond motifs is 1. The zero-order valence-corrected chi connectivity index (χ0v) is 10.4. The van der Waals surface area contributed by atoms with E-state index in [2.05, 4.69) is 34.7 Å². The fraction of sp³-hybridized carbons (Fsp3) is 0.111. The van der Waals surface area contributed by atoms with Crippen molar-refractivity contribution in [2.24, 2.45) is 0 Å². The molecule has 0 spiro atoms. The average Bonchev–Trinajstić information content (AvgIpc) is 2.42. The Kier molecular flexibility index (Phi) is 2.67. The van der Waals surface area contributed by atoms with Gasteiger partial charge in [-0.3, -0.25) is 0 Å². The minimum Gasteiger partial charge on any atom is -0.391 e. The number of thiophene rings is 1. The van der Waals surface area contributed by atoms with E-state index in [1.54, 1.807) is 11.3 Å². The summed E-state index contributed by atoms with van der Waals surface area (Å²) in [7, 11) is 0. The number of hydrogen-bond acceptors (Lipinski definition) is 2. The highest BCUT2D eigenvalue weighted by Crippen LogP contribution is 2.31. The minimum atomic E-state index is 0.559. The second-order valence-electron chi connectivity index (χ2n) is 2.76. The topological polar surface area (TPSA) is 26.0 Å². The van der Waals surface area contributed by atoms with Crippen molar-refractivity contribution in [1.82, 2.24) is 0 Å². The third kappa shape index (κ3) is 1.78. The normalized spacial score (nSPS) is 10.9. The Bertz CT molecular complexity index is 452. The fourth-order valence-electron chi connectivity index (χ4n) is 1.23. The standard InChI is InChI=1S/C9H7ClINS/c10-4-6-1-5-2-9(12)13-8(5)3-7(6)11/h1-3H,4,12H2.